The Morgan fingerprint density at radius 3 is 2.76 bits per heavy atom. The molecule has 2 N–H and O–H groups in total. The normalized spacial score (nSPS) is 28.7. The molecule has 0 aromatic rings. The maximum atomic E-state index is 11.6. The lowest BCUT2D eigenvalue weighted by Gasteiger charge is -2.37. The molecule has 98 valence electrons. The van der Waals surface area contributed by atoms with E-state index in [0.29, 0.717) is 25.4 Å². The lowest BCUT2D eigenvalue weighted by molar-refractivity contribution is -0.150. The molecule has 0 aliphatic heterocycles. The lowest BCUT2D eigenvalue weighted by Crippen LogP contribution is -2.57. The van der Waals surface area contributed by atoms with Gasteiger partial charge in [0.05, 0.1) is 0 Å². The number of carbonyl (C=O) groups is 2. The van der Waals surface area contributed by atoms with E-state index in [1.54, 1.807) is 6.92 Å². The highest BCUT2D eigenvalue weighted by Crippen LogP contribution is 2.32. The molecule has 5 nitrogen and oxygen atoms in total. The second kappa shape index (κ2) is 6.00. The number of rotatable bonds is 5. The third kappa shape index (κ3) is 3.70. The molecule has 17 heavy (non-hydrogen) atoms. The van der Waals surface area contributed by atoms with Crippen molar-refractivity contribution in [3.63, 3.8) is 0 Å². The predicted molar refractivity (Wildman–Crippen MR) is 62.6 cm³/mol. The number of carbonyl (C=O) groups excluding carboxylic acids is 1. The van der Waals surface area contributed by atoms with E-state index in [4.69, 9.17) is 4.74 Å². The number of carboxylic acids is 1. The van der Waals surface area contributed by atoms with Gasteiger partial charge >= 0.3 is 5.97 Å². The summed E-state index contributed by atoms with van der Waals surface area (Å²) in [5.41, 5.74) is -1.09. The summed E-state index contributed by atoms with van der Waals surface area (Å²) in [4.78, 5) is 23.0. The monoisotopic (exact) mass is 243 g/mol. The Morgan fingerprint density at radius 1 is 1.53 bits per heavy atom. The highest BCUT2D eigenvalue weighted by molar-refractivity contribution is 5.87. The molecule has 1 aliphatic carbocycles. The first-order valence-corrected chi connectivity index (χ1v) is 6.12. The molecule has 1 saturated carbocycles. The Labute approximate surface area is 102 Å². The van der Waals surface area contributed by atoms with Gasteiger partial charge < -0.3 is 15.2 Å². The Kier molecular flexibility index (Phi) is 4.93. The van der Waals surface area contributed by atoms with Crippen LogP contribution in [-0.2, 0) is 14.3 Å². The molecule has 0 bridgehead atoms. The molecule has 0 radical (unpaired) electrons. The fourth-order valence-corrected chi connectivity index (χ4v) is 2.41. The van der Waals surface area contributed by atoms with Gasteiger partial charge in [-0.05, 0) is 25.7 Å². The molecule has 0 aromatic heterocycles. The second-order valence-electron chi connectivity index (χ2n) is 4.77. The molecule has 5 heteroatoms. The topological polar surface area (TPSA) is 75.6 Å². The summed E-state index contributed by atoms with van der Waals surface area (Å²) < 4.78 is 4.98. The van der Waals surface area contributed by atoms with E-state index in [1.807, 2.05) is 6.92 Å². The van der Waals surface area contributed by atoms with Crippen molar-refractivity contribution in [1.29, 1.82) is 0 Å². The first-order valence-electron chi connectivity index (χ1n) is 6.12. The van der Waals surface area contributed by atoms with Crippen molar-refractivity contribution in [3.05, 3.63) is 0 Å². The average Bonchev–Trinajstić information content (AvgIpc) is 2.26. The summed E-state index contributed by atoms with van der Waals surface area (Å²) in [6.07, 6.45) is 2.86. The van der Waals surface area contributed by atoms with Gasteiger partial charge in [0.15, 0.2) is 0 Å². The summed E-state index contributed by atoms with van der Waals surface area (Å²) in [5.74, 6) is -0.954. The van der Waals surface area contributed by atoms with Crippen LogP contribution >= 0.6 is 0 Å². The molecule has 0 spiro atoms. The smallest absolute Gasteiger partial charge is 0.329 e. The molecular formula is C12H21NO4. The summed E-state index contributed by atoms with van der Waals surface area (Å²) >= 11 is 0. The molecule has 1 amide bonds. The fourth-order valence-electron chi connectivity index (χ4n) is 2.41. The quantitative estimate of drug-likeness (QED) is 0.760. The number of carboxylic acid groups (broad SMARTS) is 1. The SMILES string of the molecule is CCOCC(=O)NC1(C(=O)O)CCCC(C)C1. The van der Waals surface area contributed by atoms with Crippen LogP contribution in [-0.4, -0.2) is 35.7 Å². The fraction of sp³-hybridized carbons (Fsp3) is 0.833. The summed E-state index contributed by atoms with van der Waals surface area (Å²) in [6.45, 7) is 4.19. The number of aliphatic carboxylic acids is 1. The molecular weight excluding hydrogens is 222 g/mol. The van der Waals surface area contributed by atoms with Gasteiger partial charge in [0.2, 0.25) is 5.91 Å². The lowest BCUT2D eigenvalue weighted by atomic mass is 9.76. The Hall–Kier alpha value is -1.10. The van der Waals surface area contributed by atoms with Gasteiger partial charge in [0, 0.05) is 6.61 Å². The zero-order valence-corrected chi connectivity index (χ0v) is 10.5. The van der Waals surface area contributed by atoms with Gasteiger partial charge in [-0.2, -0.15) is 0 Å². The molecule has 0 heterocycles. The highest BCUT2D eigenvalue weighted by atomic mass is 16.5. The number of hydrogen-bond acceptors (Lipinski definition) is 3. The Bertz CT molecular complexity index is 292. The van der Waals surface area contributed by atoms with Gasteiger partial charge in [0.1, 0.15) is 12.1 Å². The van der Waals surface area contributed by atoms with E-state index in [2.05, 4.69) is 5.32 Å². The summed E-state index contributed by atoms with van der Waals surface area (Å²) in [7, 11) is 0. The van der Waals surface area contributed by atoms with E-state index in [0.717, 1.165) is 12.8 Å². The summed E-state index contributed by atoms with van der Waals surface area (Å²) in [5, 5.41) is 12.0. The Balaban J connectivity index is 2.65. The van der Waals surface area contributed by atoms with Crippen molar-refractivity contribution in [3.8, 4) is 0 Å². The largest absolute Gasteiger partial charge is 0.480 e. The third-order valence-electron chi connectivity index (χ3n) is 3.22. The molecule has 2 atom stereocenters. The molecule has 0 aromatic carbocycles. The van der Waals surface area contributed by atoms with Crippen LogP contribution in [0.5, 0.6) is 0 Å². The Morgan fingerprint density at radius 2 is 2.24 bits per heavy atom. The number of amides is 1. The van der Waals surface area contributed by atoms with Crippen molar-refractivity contribution < 1.29 is 19.4 Å². The van der Waals surface area contributed by atoms with Crippen LogP contribution in [0.15, 0.2) is 0 Å². The summed E-state index contributed by atoms with van der Waals surface area (Å²) in [6, 6.07) is 0. The van der Waals surface area contributed by atoms with Crippen molar-refractivity contribution in [1.82, 2.24) is 5.32 Å². The standard InChI is InChI=1S/C12H21NO4/c1-3-17-8-10(14)13-12(11(15)16)6-4-5-9(2)7-12/h9H,3-8H2,1-2H3,(H,13,14)(H,15,16). The number of hydrogen-bond donors (Lipinski definition) is 2. The minimum Gasteiger partial charge on any atom is -0.480 e. The van der Waals surface area contributed by atoms with Crippen LogP contribution < -0.4 is 5.32 Å². The number of ether oxygens (including phenoxy) is 1. The van der Waals surface area contributed by atoms with Crippen LogP contribution in [0.3, 0.4) is 0 Å². The van der Waals surface area contributed by atoms with Gasteiger partial charge in [-0.25, -0.2) is 4.79 Å². The van der Waals surface area contributed by atoms with Crippen LogP contribution in [0.2, 0.25) is 0 Å². The zero-order chi connectivity index (χ0) is 12.9. The average molecular weight is 243 g/mol. The van der Waals surface area contributed by atoms with Crippen molar-refractivity contribution >= 4 is 11.9 Å². The number of nitrogens with one attached hydrogen (secondary N) is 1. The van der Waals surface area contributed by atoms with Gasteiger partial charge in [0.25, 0.3) is 0 Å². The second-order valence-corrected chi connectivity index (χ2v) is 4.77. The van der Waals surface area contributed by atoms with Gasteiger partial charge in [-0.3, -0.25) is 4.79 Å². The molecule has 1 rings (SSSR count). The minimum absolute atomic E-state index is 0.0695. The minimum atomic E-state index is -1.09. The van der Waals surface area contributed by atoms with E-state index in [-0.39, 0.29) is 12.5 Å². The van der Waals surface area contributed by atoms with Crippen molar-refractivity contribution in [2.45, 2.75) is 45.1 Å². The first-order chi connectivity index (χ1) is 8.00. The van der Waals surface area contributed by atoms with E-state index in [1.165, 1.54) is 0 Å². The van der Waals surface area contributed by atoms with Gasteiger partial charge in [-0.15, -0.1) is 0 Å². The van der Waals surface area contributed by atoms with E-state index >= 15 is 0 Å². The van der Waals surface area contributed by atoms with Crippen LogP contribution in [0.4, 0.5) is 0 Å². The molecule has 1 fully saturated rings. The van der Waals surface area contributed by atoms with Crippen molar-refractivity contribution in [2.75, 3.05) is 13.2 Å². The van der Waals surface area contributed by atoms with Crippen LogP contribution in [0.1, 0.15) is 39.5 Å². The van der Waals surface area contributed by atoms with E-state index in [9.17, 15) is 14.7 Å². The molecule has 2 unspecified atom stereocenters. The maximum Gasteiger partial charge on any atom is 0.329 e. The first kappa shape index (κ1) is 14.0. The van der Waals surface area contributed by atoms with Gasteiger partial charge in [-0.1, -0.05) is 19.8 Å². The molecule has 1 aliphatic rings. The van der Waals surface area contributed by atoms with Crippen LogP contribution in [0, 0.1) is 5.92 Å². The van der Waals surface area contributed by atoms with E-state index < -0.39 is 11.5 Å². The predicted octanol–water partition coefficient (Wildman–Crippen LogP) is 1.17. The highest BCUT2D eigenvalue weighted by Gasteiger charge is 2.43. The third-order valence-corrected chi connectivity index (χ3v) is 3.22. The maximum absolute atomic E-state index is 11.6. The molecule has 0 saturated heterocycles. The zero-order valence-electron chi connectivity index (χ0n) is 10.5. The van der Waals surface area contributed by atoms with Crippen molar-refractivity contribution in [2.24, 2.45) is 5.92 Å². The van der Waals surface area contributed by atoms with Crippen LogP contribution in [0.25, 0.3) is 0 Å².